The van der Waals surface area contributed by atoms with Crippen molar-refractivity contribution in [3.05, 3.63) is 18.2 Å². The maximum Gasteiger partial charge on any atom is 0.160 e. The van der Waals surface area contributed by atoms with Gasteiger partial charge in [-0.2, -0.15) is 0 Å². The molecule has 0 unspecified atom stereocenters. The first kappa shape index (κ1) is 8.19. The largest absolute Gasteiger partial charge is 0.506 e. The van der Waals surface area contributed by atoms with Gasteiger partial charge in [0.25, 0.3) is 0 Å². The van der Waals surface area contributed by atoms with Crippen molar-refractivity contribution in [1.82, 2.24) is 0 Å². The van der Waals surface area contributed by atoms with Crippen LogP contribution in [0.15, 0.2) is 18.2 Å². The Bertz CT molecular complexity index is 450. The molecule has 2 rings (SSSR count). The number of anilines is 1. The SMILES string of the molecule is COc1c(N)sc2c(O)cccc12. The average molecular weight is 195 g/mol. The molecular formula is C9H9NO2S. The number of nitrogens with two attached hydrogens (primary N) is 1. The molecule has 13 heavy (non-hydrogen) atoms. The van der Waals surface area contributed by atoms with Gasteiger partial charge in [-0.25, -0.2) is 0 Å². The van der Waals surface area contributed by atoms with E-state index in [-0.39, 0.29) is 5.75 Å². The minimum atomic E-state index is 0.248. The monoisotopic (exact) mass is 195 g/mol. The van der Waals surface area contributed by atoms with Gasteiger partial charge in [0.05, 0.1) is 11.8 Å². The smallest absolute Gasteiger partial charge is 0.160 e. The van der Waals surface area contributed by atoms with Crippen LogP contribution in [0, 0.1) is 0 Å². The Balaban J connectivity index is 2.86. The molecule has 1 heterocycles. The standard InChI is InChI=1S/C9H9NO2S/c1-12-7-5-3-2-4-6(11)8(5)13-9(7)10/h2-4,11H,10H2,1H3. The Labute approximate surface area is 79.4 Å². The molecule has 0 fully saturated rings. The lowest BCUT2D eigenvalue weighted by atomic mass is 10.2. The summed E-state index contributed by atoms with van der Waals surface area (Å²) in [6.45, 7) is 0. The maximum absolute atomic E-state index is 9.50. The van der Waals surface area contributed by atoms with E-state index in [1.807, 2.05) is 6.07 Å². The zero-order chi connectivity index (χ0) is 9.42. The molecule has 0 aliphatic carbocycles. The second-order valence-electron chi connectivity index (χ2n) is 2.65. The van der Waals surface area contributed by atoms with Gasteiger partial charge < -0.3 is 15.6 Å². The fourth-order valence-electron chi connectivity index (χ4n) is 1.31. The van der Waals surface area contributed by atoms with Crippen molar-refractivity contribution in [2.45, 2.75) is 0 Å². The molecule has 0 aliphatic rings. The van der Waals surface area contributed by atoms with Crippen LogP contribution in [0.25, 0.3) is 10.1 Å². The lowest BCUT2D eigenvalue weighted by Gasteiger charge is -1.97. The van der Waals surface area contributed by atoms with Gasteiger partial charge in [-0.3, -0.25) is 0 Å². The molecule has 68 valence electrons. The topological polar surface area (TPSA) is 55.5 Å². The summed E-state index contributed by atoms with van der Waals surface area (Å²) in [6, 6.07) is 5.28. The van der Waals surface area contributed by atoms with Crippen molar-refractivity contribution in [2.24, 2.45) is 0 Å². The van der Waals surface area contributed by atoms with Gasteiger partial charge in [0.15, 0.2) is 5.75 Å². The molecule has 2 aromatic rings. The molecule has 0 radical (unpaired) electrons. The van der Waals surface area contributed by atoms with Gasteiger partial charge in [0.1, 0.15) is 10.8 Å². The number of rotatable bonds is 1. The van der Waals surface area contributed by atoms with Gasteiger partial charge in [0.2, 0.25) is 0 Å². The lowest BCUT2D eigenvalue weighted by molar-refractivity contribution is 0.423. The maximum atomic E-state index is 9.50. The highest BCUT2D eigenvalue weighted by Crippen LogP contribution is 2.43. The quantitative estimate of drug-likeness (QED) is 0.733. The highest BCUT2D eigenvalue weighted by atomic mass is 32.1. The van der Waals surface area contributed by atoms with Gasteiger partial charge >= 0.3 is 0 Å². The number of phenolic OH excluding ortho intramolecular Hbond substituents is 1. The van der Waals surface area contributed by atoms with Crippen LogP contribution in [-0.4, -0.2) is 12.2 Å². The molecule has 0 spiro atoms. The molecular weight excluding hydrogens is 186 g/mol. The Morgan fingerprint density at radius 3 is 2.92 bits per heavy atom. The van der Waals surface area contributed by atoms with Crippen LogP contribution < -0.4 is 10.5 Å². The molecule has 0 atom stereocenters. The van der Waals surface area contributed by atoms with Crippen molar-refractivity contribution in [2.75, 3.05) is 12.8 Å². The van der Waals surface area contributed by atoms with Crippen LogP contribution in [0.2, 0.25) is 0 Å². The van der Waals surface area contributed by atoms with Gasteiger partial charge in [0, 0.05) is 5.39 Å². The second kappa shape index (κ2) is 2.81. The Hall–Kier alpha value is -1.42. The number of aromatic hydroxyl groups is 1. The van der Waals surface area contributed by atoms with Crippen LogP contribution in [0.1, 0.15) is 0 Å². The van der Waals surface area contributed by atoms with E-state index >= 15 is 0 Å². The summed E-state index contributed by atoms with van der Waals surface area (Å²) in [6.07, 6.45) is 0. The number of fused-ring (bicyclic) bond motifs is 1. The third-order valence-corrected chi connectivity index (χ3v) is 2.92. The van der Waals surface area contributed by atoms with Gasteiger partial charge in [-0.15, -0.1) is 11.3 Å². The normalized spacial score (nSPS) is 10.5. The van der Waals surface area contributed by atoms with Crippen LogP contribution in [0.3, 0.4) is 0 Å². The number of hydrogen-bond donors (Lipinski definition) is 2. The van der Waals surface area contributed by atoms with E-state index in [4.69, 9.17) is 10.5 Å². The van der Waals surface area contributed by atoms with E-state index in [2.05, 4.69) is 0 Å². The third kappa shape index (κ3) is 1.10. The highest BCUT2D eigenvalue weighted by molar-refractivity contribution is 7.23. The van der Waals surface area contributed by atoms with E-state index in [0.29, 0.717) is 10.8 Å². The van der Waals surface area contributed by atoms with E-state index in [0.717, 1.165) is 10.1 Å². The summed E-state index contributed by atoms with van der Waals surface area (Å²) in [5, 5.41) is 11.0. The van der Waals surface area contributed by atoms with Gasteiger partial charge in [-0.1, -0.05) is 6.07 Å². The first-order chi connectivity index (χ1) is 6.24. The van der Waals surface area contributed by atoms with E-state index in [1.165, 1.54) is 11.3 Å². The molecule has 0 saturated heterocycles. The molecule has 0 bridgehead atoms. The van der Waals surface area contributed by atoms with Crippen molar-refractivity contribution < 1.29 is 9.84 Å². The molecule has 3 N–H and O–H groups in total. The summed E-state index contributed by atoms with van der Waals surface area (Å²) in [7, 11) is 1.57. The van der Waals surface area contributed by atoms with Crippen molar-refractivity contribution in [3.8, 4) is 11.5 Å². The zero-order valence-electron chi connectivity index (χ0n) is 7.07. The molecule has 0 amide bonds. The zero-order valence-corrected chi connectivity index (χ0v) is 7.89. The Kier molecular flexibility index (Phi) is 1.77. The number of methoxy groups -OCH3 is 1. The second-order valence-corrected chi connectivity index (χ2v) is 3.71. The molecule has 0 aliphatic heterocycles. The summed E-state index contributed by atoms with van der Waals surface area (Å²) in [5.74, 6) is 0.897. The number of ether oxygens (including phenoxy) is 1. The van der Waals surface area contributed by atoms with Crippen molar-refractivity contribution >= 4 is 26.4 Å². The van der Waals surface area contributed by atoms with E-state index in [9.17, 15) is 5.11 Å². The number of hydrogen-bond acceptors (Lipinski definition) is 4. The van der Waals surface area contributed by atoms with Crippen molar-refractivity contribution in [3.63, 3.8) is 0 Å². The van der Waals surface area contributed by atoms with Gasteiger partial charge in [-0.05, 0) is 12.1 Å². The Morgan fingerprint density at radius 1 is 1.46 bits per heavy atom. The molecule has 4 heteroatoms. The molecule has 0 saturated carbocycles. The first-order valence-electron chi connectivity index (χ1n) is 3.78. The molecule has 1 aromatic heterocycles. The average Bonchev–Trinajstić information content (AvgIpc) is 2.43. The van der Waals surface area contributed by atoms with Crippen LogP contribution >= 0.6 is 11.3 Å². The van der Waals surface area contributed by atoms with Crippen LogP contribution in [0.5, 0.6) is 11.5 Å². The highest BCUT2D eigenvalue weighted by Gasteiger charge is 2.11. The number of nitrogen functional groups attached to an aromatic ring is 1. The number of phenols is 1. The summed E-state index contributed by atoms with van der Waals surface area (Å²) >= 11 is 1.33. The minimum absolute atomic E-state index is 0.248. The number of thiophene rings is 1. The predicted octanol–water partition coefficient (Wildman–Crippen LogP) is 2.20. The fourth-order valence-corrected chi connectivity index (χ4v) is 2.26. The number of benzene rings is 1. The summed E-state index contributed by atoms with van der Waals surface area (Å²) < 4.78 is 5.90. The van der Waals surface area contributed by atoms with Crippen LogP contribution in [0.4, 0.5) is 5.00 Å². The molecule has 1 aromatic carbocycles. The van der Waals surface area contributed by atoms with E-state index < -0.39 is 0 Å². The van der Waals surface area contributed by atoms with E-state index in [1.54, 1.807) is 19.2 Å². The predicted molar refractivity (Wildman–Crippen MR) is 54.5 cm³/mol. The summed E-state index contributed by atoms with van der Waals surface area (Å²) in [4.78, 5) is 0. The Morgan fingerprint density at radius 2 is 2.23 bits per heavy atom. The molecule has 3 nitrogen and oxygen atoms in total. The fraction of sp³-hybridized carbons (Fsp3) is 0.111. The van der Waals surface area contributed by atoms with Crippen LogP contribution in [-0.2, 0) is 0 Å². The summed E-state index contributed by atoms with van der Waals surface area (Å²) in [5.41, 5.74) is 5.72. The minimum Gasteiger partial charge on any atom is -0.506 e. The lowest BCUT2D eigenvalue weighted by Crippen LogP contribution is -1.86. The third-order valence-electron chi connectivity index (χ3n) is 1.88. The van der Waals surface area contributed by atoms with Crippen molar-refractivity contribution in [1.29, 1.82) is 0 Å². The first-order valence-corrected chi connectivity index (χ1v) is 4.59.